The van der Waals surface area contributed by atoms with E-state index in [-0.39, 0.29) is 11.7 Å². The van der Waals surface area contributed by atoms with E-state index >= 15 is 0 Å². The molecule has 0 radical (unpaired) electrons. The molecule has 0 unspecified atom stereocenters. The van der Waals surface area contributed by atoms with E-state index in [1.165, 1.54) is 6.08 Å². The molecule has 0 aromatic heterocycles. The Bertz CT molecular complexity index is 680. The van der Waals surface area contributed by atoms with Crippen LogP contribution in [0.2, 0.25) is 0 Å². The number of benzene rings is 2. The van der Waals surface area contributed by atoms with Crippen LogP contribution in [-0.2, 0) is 11.2 Å². The summed E-state index contributed by atoms with van der Waals surface area (Å²) in [6, 6.07) is 17.0. The maximum Gasteiger partial charge on any atom is 0.249 e. The van der Waals surface area contributed by atoms with Crippen molar-refractivity contribution in [3.63, 3.8) is 0 Å². The molecule has 112 valence electrons. The zero-order valence-electron chi connectivity index (χ0n) is 11.7. The Balaban J connectivity index is 1.94. The van der Waals surface area contributed by atoms with Gasteiger partial charge in [0.05, 0.1) is 0 Å². The molecule has 0 fully saturated rings. The van der Waals surface area contributed by atoms with E-state index in [4.69, 9.17) is 5.21 Å². The molecule has 0 aliphatic rings. The number of hydrogen-bond donors (Lipinski definition) is 2. The van der Waals surface area contributed by atoms with Crippen molar-refractivity contribution in [1.29, 1.82) is 0 Å². The van der Waals surface area contributed by atoms with Crippen molar-refractivity contribution in [3.05, 3.63) is 76.3 Å². The summed E-state index contributed by atoms with van der Waals surface area (Å²) in [5, 5.41) is 14.7. The number of carbonyl (C=O) groups excluding carboxylic acids is 1. The molecule has 1 amide bonds. The van der Waals surface area contributed by atoms with Crippen LogP contribution in [0.15, 0.2) is 70.3 Å². The normalized spacial score (nSPS) is 11.6. The summed E-state index contributed by atoms with van der Waals surface area (Å²) in [6.07, 6.45) is 3.45. The number of halogens is 1. The van der Waals surface area contributed by atoms with Crippen LogP contribution >= 0.6 is 15.9 Å². The molecular formula is C17H15BrN2O2. The average Bonchev–Trinajstić information content (AvgIpc) is 2.55. The van der Waals surface area contributed by atoms with E-state index in [0.29, 0.717) is 6.42 Å². The molecule has 0 heterocycles. The average molecular weight is 359 g/mol. The fourth-order valence-corrected chi connectivity index (χ4v) is 2.08. The zero-order chi connectivity index (χ0) is 15.8. The summed E-state index contributed by atoms with van der Waals surface area (Å²) >= 11 is 3.35. The lowest BCUT2D eigenvalue weighted by Gasteiger charge is -2.05. The molecule has 0 atom stereocenters. The Hall–Kier alpha value is -2.40. The van der Waals surface area contributed by atoms with Crippen LogP contribution < -0.4 is 5.32 Å². The second-order valence-corrected chi connectivity index (χ2v) is 5.50. The first-order valence-electron chi connectivity index (χ1n) is 6.67. The third-order valence-electron chi connectivity index (χ3n) is 2.90. The van der Waals surface area contributed by atoms with Gasteiger partial charge in [-0.25, -0.2) is 0 Å². The van der Waals surface area contributed by atoms with Gasteiger partial charge in [-0.3, -0.25) is 4.79 Å². The second kappa shape index (κ2) is 8.14. The number of oxime groups is 1. The summed E-state index contributed by atoms with van der Waals surface area (Å²) in [4.78, 5) is 11.8. The fourth-order valence-electron chi connectivity index (χ4n) is 1.82. The van der Waals surface area contributed by atoms with Gasteiger partial charge in [0.2, 0.25) is 5.91 Å². The van der Waals surface area contributed by atoms with Crippen LogP contribution in [0.25, 0.3) is 6.08 Å². The van der Waals surface area contributed by atoms with Crippen molar-refractivity contribution >= 4 is 33.7 Å². The van der Waals surface area contributed by atoms with E-state index in [9.17, 15) is 4.79 Å². The van der Waals surface area contributed by atoms with Gasteiger partial charge < -0.3 is 10.5 Å². The molecule has 0 saturated heterocycles. The van der Waals surface area contributed by atoms with Crippen LogP contribution in [-0.4, -0.2) is 17.0 Å². The quantitative estimate of drug-likeness (QED) is 0.288. The van der Waals surface area contributed by atoms with Gasteiger partial charge in [0, 0.05) is 17.0 Å². The van der Waals surface area contributed by atoms with Gasteiger partial charge in [0.15, 0.2) is 5.84 Å². The molecule has 0 spiro atoms. The van der Waals surface area contributed by atoms with Crippen LogP contribution in [0, 0.1) is 0 Å². The Labute approximate surface area is 137 Å². The first kappa shape index (κ1) is 16.0. The van der Waals surface area contributed by atoms with Crippen molar-refractivity contribution in [2.45, 2.75) is 6.42 Å². The highest BCUT2D eigenvalue weighted by Gasteiger charge is 2.05. The van der Waals surface area contributed by atoms with E-state index in [0.717, 1.165) is 15.6 Å². The number of nitrogens with one attached hydrogen (secondary N) is 1. The summed E-state index contributed by atoms with van der Waals surface area (Å²) in [6.45, 7) is 0. The van der Waals surface area contributed by atoms with Crippen LogP contribution in [0.4, 0.5) is 0 Å². The highest BCUT2D eigenvalue weighted by molar-refractivity contribution is 9.10. The summed E-state index contributed by atoms with van der Waals surface area (Å²) < 4.78 is 0.966. The minimum absolute atomic E-state index is 0.199. The van der Waals surface area contributed by atoms with Crippen molar-refractivity contribution < 1.29 is 10.0 Å². The van der Waals surface area contributed by atoms with Gasteiger partial charge in [-0.15, -0.1) is 0 Å². The van der Waals surface area contributed by atoms with Crippen LogP contribution in [0.1, 0.15) is 11.1 Å². The predicted molar refractivity (Wildman–Crippen MR) is 90.7 cm³/mol. The highest BCUT2D eigenvalue weighted by atomic mass is 79.9. The van der Waals surface area contributed by atoms with Gasteiger partial charge in [-0.2, -0.15) is 0 Å². The fraction of sp³-hybridized carbons (Fsp3) is 0.0588. The standard InChI is InChI=1S/C17H15BrN2O2/c18-15-9-6-14(7-10-15)12-16(20-22)19-17(21)11-8-13-4-2-1-3-5-13/h1-11,22H,12H2,(H,19,20,21)/b11-8+. The SMILES string of the molecule is O=C(/C=C/c1ccccc1)N/C(Cc1ccc(Br)cc1)=N/O. The van der Waals surface area contributed by atoms with Gasteiger partial charge in [0.25, 0.3) is 0 Å². The monoisotopic (exact) mass is 358 g/mol. The largest absolute Gasteiger partial charge is 0.409 e. The third-order valence-corrected chi connectivity index (χ3v) is 3.43. The maximum atomic E-state index is 11.8. The predicted octanol–water partition coefficient (Wildman–Crippen LogP) is 3.61. The highest BCUT2D eigenvalue weighted by Crippen LogP contribution is 2.11. The molecule has 2 aromatic carbocycles. The number of amides is 1. The topological polar surface area (TPSA) is 61.7 Å². The molecule has 2 aromatic rings. The molecule has 2 N–H and O–H groups in total. The second-order valence-electron chi connectivity index (χ2n) is 4.58. The van der Waals surface area contributed by atoms with E-state index in [1.54, 1.807) is 6.08 Å². The molecule has 5 heteroatoms. The van der Waals surface area contributed by atoms with Crippen molar-refractivity contribution in [2.24, 2.45) is 5.16 Å². The van der Waals surface area contributed by atoms with Crippen LogP contribution in [0.5, 0.6) is 0 Å². The summed E-state index contributed by atoms with van der Waals surface area (Å²) in [5.41, 5.74) is 1.86. The Kier molecular flexibility index (Phi) is 5.91. The zero-order valence-corrected chi connectivity index (χ0v) is 13.3. The van der Waals surface area contributed by atoms with E-state index < -0.39 is 0 Å². The summed E-state index contributed by atoms with van der Waals surface area (Å²) in [7, 11) is 0. The smallest absolute Gasteiger partial charge is 0.249 e. The number of rotatable bonds is 4. The molecule has 2 rings (SSSR count). The van der Waals surface area contributed by atoms with E-state index in [2.05, 4.69) is 26.4 Å². The lowest BCUT2D eigenvalue weighted by molar-refractivity contribution is -0.115. The maximum absolute atomic E-state index is 11.8. The first-order chi connectivity index (χ1) is 10.7. The van der Waals surface area contributed by atoms with Crippen LogP contribution in [0.3, 0.4) is 0 Å². The minimum Gasteiger partial charge on any atom is -0.409 e. The molecule has 0 aliphatic carbocycles. The third kappa shape index (κ3) is 5.18. The Morgan fingerprint density at radius 3 is 2.45 bits per heavy atom. The van der Waals surface area contributed by atoms with Gasteiger partial charge in [-0.05, 0) is 29.3 Å². The van der Waals surface area contributed by atoms with Crippen molar-refractivity contribution in [1.82, 2.24) is 5.32 Å². The molecule has 0 aliphatic heterocycles. The lowest BCUT2D eigenvalue weighted by Crippen LogP contribution is -2.30. The van der Waals surface area contributed by atoms with Gasteiger partial charge in [0.1, 0.15) is 0 Å². The molecule has 0 bridgehead atoms. The molecule has 22 heavy (non-hydrogen) atoms. The number of hydrogen-bond acceptors (Lipinski definition) is 3. The molecule has 0 saturated carbocycles. The van der Waals surface area contributed by atoms with Gasteiger partial charge >= 0.3 is 0 Å². The number of carbonyl (C=O) groups is 1. The van der Waals surface area contributed by atoms with Gasteiger partial charge in [-0.1, -0.05) is 63.6 Å². The van der Waals surface area contributed by atoms with Crippen molar-refractivity contribution in [2.75, 3.05) is 0 Å². The molecule has 4 nitrogen and oxygen atoms in total. The summed E-state index contributed by atoms with van der Waals surface area (Å²) in [5.74, 6) is -0.140. The Morgan fingerprint density at radius 1 is 1.14 bits per heavy atom. The Morgan fingerprint density at radius 2 is 1.82 bits per heavy atom. The van der Waals surface area contributed by atoms with E-state index in [1.807, 2.05) is 54.6 Å². The molecular weight excluding hydrogens is 344 g/mol. The number of amidine groups is 1. The first-order valence-corrected chi connectivity index (χ1v) is 7.46. The minimum atomic E-state index is -0.339. The number of nitrogens with zero attached hydrogens (tertiary/aromatic N) is 1. The lowest BCUT2D eigenvalue weighted by atomic mass is 10.1. The van der Waals surface area contributed by atoms with Crippen molar-refractivity contribution in [3.8, 4) is 0 Å².